The maximum absolute atomic E-state index is 6.65. The summed E-state index contributed by atoms with van der Waals surface area (Å²) in [4.78, 5) is 2.35. The second-order valence-corrected chi connectivity index (χ2v) is 16.5. The number of anilines is 3. The Morgan fingerprint density at radius 2 is 0.766 bits per heavy atom. The van der Waals surface area contributed by atoms with E-state index in [0.29, 0.717) is 0 Å². The quantitative estimate of drug-likeness (QED) is 0.160. The van der Waals surface area contributed by atoms with Crippen molar-refractivity contribution in [1.29, 1.82) is 0 Å². The Balaban J connectivity index is 0.922. The summed E-state index contributed by atoms with van der Waals surface area (Å²) >= 11 is 0. The fraction of sp³-hybridized carbons (Fsp3) is 0. The SMILES string of the molecule is c1ccc(-c2ccc(N(c3ccc(-c4ccc5c(c4)c4ccccc4n5-c4ccccc4)cc3)c3ccc(-n4c5ccccc5c5ccc6c7ccccc7oc6c54)cc3)cc2)cc1. The van der Waals surface area contributed by atoms with E-state index in [9.17, 15) is 0 Å². The Morgan fingerprint density at radius 1 is 0.297 bits per heavy atom. The van der Waals surface area contributed by atoms with Crippen molar-refractivity contribution >= 4 is 82.6 Å². The third kappa shape index (κ3) is 5.70. The second kappa shape index (κ2) is 14.5. The van der Waals surface area contributed by atoms with Crippen LogP contribution in [0.15, 0.2) is 241 Å². The number of benzene rings is 10. The van der Waals surface area contributed by atoms with Crippen LogP contribution >= 0.6 is 0 Å². The van der Waals surface area contributed by atoms with Gasteiger partial charge in [-0.2, -0.15) is 0 Å². The van der Waals surface area contributed by atoms with Gasteiger partial charge in [0, 0.05) is 60.8 Å². The van der Waals surface area contributed by atoms with Crippen LogP contribution < -0.4 is 4.90 Å². The normalized spacial score (nSPS) is 11.8. The van der Waals surface area contributed by atoms with Gasteiger partial charge in [0.05, 0.1) is 22.1 Å². The molecule has 13 aromatic rings. The van der Waals surface area contributed by atoms with Crippen molar-refractivity contribution in [3.8, 4) is 33.6 Å². The van der Waals surface area contributed by atoms with Gasteiger partial charge in [-0.25, -0.2) is 0 Å². The zero-order chi connectivity index (χ0) is 42.1. The lowest BCUT2D eigenvalue weighted by molar-refractivity contribution is 0.671. The number of aromatic nitrogens is 2. The average Bonchev–Trinajstić information content (AvgIpc) is 4.03. The van der Waals surface area contributed by atoms with Gasteiger partial charge < -0.3 is 18.5 Å². The number of hydrogen-bond acceptors (Lipinski definition) is 2. The summed E-state index contributed by atoms with van der Waals surface area (Å²) < 4.78 is 11.4. The van der Waals surface area contributed by atoms with Crippen LogP contribution in [0.4, 0.5) is 17.1 Å². The Labute approximate surface area is 369 Å². The summed E-state index contributed by atoms with van der Waals surface area (Å²) in [5.74, 6) is 0. The number of fused-ring (bicyclic) bond motifs is 10. The molecule has 3 heterocycles. The molecule has 0 atom stereocenters. The molecule has 64 heavy (non-hydrogen) atoms. The lowest BCUT2D eigenvalue weighted by Crippen LogP contribution is -2.10. The van der Waals surface area contributed by atoms with Gasteiger partial charge in [-0.05, 0) is 119 Å². The maximum Gasteiger partial charge on any atom is 0.160 e. The third-order valence-electron chi connectivity index (χ3n) is 12.9. The first-order valence-electron chi connectivity index (χ1n) is 21.8. The minimum Gasteiger partial charge on any atom is -0.454 e. The summed E-state index contributed by atoms with van der Waals surface area (Å²) in [6.07, 6.45) is 0. The number of nitrogens with zero attached hydrogens (tertiary/aromatic N) is 3. The molecular weight excluding hydrogens is 779 g/mol. The van der Waals surface area contributed by atoms with Crippen LogP contribution in [0.5, 0.6) is 0 Å². The van der Waals surface area contributed by atoms with E-state index in [2.05, 4.69) is 245 Å². The van der Waals surface area contributed by atoms with Crippen molar-refractivity contribution < 1.29 is 4.42 Å². The number of furan rings is 1. The monoisotopic (exact) mass is 817 g/mol. The molecule has 0 saturated carbocycles. The smallest absolute Gasteiger partial charge is 0.160 e. The van der Waals surface area contributed by atoms with Crippen LogP contribution in [0.25, 0.3) is 99.2 Å². The van der Waals surface area contributed by atoms with Crippen LogP contribution in [0, 0.1) is 0 Å². The van der Waals surface area contributed by atoms with E-state index in [1.54, 1.807) is 0 Å². The lowest BCUT2D eigenvalue weighted by atomic mass is 10.0. The first-order valence-corrected chi connectivity index (χ1v) is 21.8. The van der Waals surface area contributed by atoms with E-state index in [4.69, 9.17) is 4.42 Å². The first kappa shape index (κ1) is 36.1. The van der Waals surface area contributed by atoms with Crippen molar-refractivity contribution in [1.82, 2.24) is 9.13 Å². The molecule has 0 N–H and O–H groups in total. The molecule has 0 amide bonds. The third-order valence-corrected chi connectivity index (χ3v) is 12.9. The first-order chi connectivity index (χ1) is 31.7. The molecule has 300 valence electrons. The highest BCUT2D eigenvalue weighted by atomic mass is 16.3. The molecule has 0 bridgehead atoms. The fourth-order valence-corrected chi connectivity index (χ4v) is 9.94. The van der Waals surface area contributed by atoms with Crippen LogP contribution in [0.2, 0.25) is 0 Å². The topological polar surface area (TPSA) is 26.2 Å². The second-order valence-electron chi connectivity index (χ2n) is 16.5. The van der Waals surface area contributed by atoms with E-state index in [0.717, 1.165) is 61.4 Å². The van der Waals surface area contributed by atoms with E-state index in [1.807, 2.05) is 6.07 Å². The van der Waals surface area contributed by atoms with E-state index in [-0.39, 0.29) is 0 Å². The summed E-state index contributed by atoms with van der Waals surface area (Å²) in [6, 6.07) is 85.1. The molecule has 0 unspecified atom stereocenters. The number of hydrogen-bond donors (Lipinski definition) is 0. The molecule has 13 rings (SSSR count). The Kier molecular flexibility index (Phi) is 8.18. The minimum absolute atomic E-state index is 0.897. The summed E-state index contributed by atoms with van der Waals surface area (Å²) in [5, 5.41) is 7.11. The molecule has 4 heteroatoms. The summed E-state index contributed by atoms with van der Waals surface area (Å²) in [7, 11) is 0. The van der Waals surface area contributed by atoms with E-state index < -0.39 is 0 Å². The van der Waals surface area contributed by atoms with Crippen LogP contribution in [-0.2, 0) is 0 Å². The lowest BCUT2D eigenvalue weighted by Gasteiger charge is -2.26. The predicted molar refractivity (Wildman–Crippen MR) is 268 cm³/mol. The van der Waals surface area contributed by atoms with Crippen LogP contribution in [0.1, 0.15) is 0 Å². The Bertz CT molecular complexity index is 3860. The highest BCUT2D eigenvalue weighted by Crippen LogP contribution is 2.42. The van der Waals surface area contributed by atoms with Crippen molar-refractivity contribution in [3.63, 3.8) is 0 Å². The minimum atomic E-state index is 0.897. The zero-order valence-corrected chi connectivity index (χ0v) is 34.8. The largest absolute Gasteiger partial charge is 0.454 e. The molecule has 0 fully saturated rings. The maximum atomic E-state index is 6.65. The molecule has 0 aliphatic carbocycles. The summed E-state index contributed by atoms with van der Waals surface area (Å²) in [6.45, 7) is 0. The van der Waals surface area contributed by atoms with Crippen LogP contribution in [0.3, 0.4) is 0 Å². The predicted octanol–water partition coefficient (Wildman–Crippen LogP) is 16.6. The molecule has 0 aliphatic heterocycles. The van der Waals surface area contributed by atoms with Gasteiger partial charge in [0.1, 0.15) is 5.58 Å². The Hall–Kier alpha value is -8.60. The van der Waals surface area contributed by atoms with Crippen molar-refractivity contribution in [3.05, 3.63) is 237 Å². The van der Waals surface area contributed by atoms with E-state index >= 15 is 0 Å². The van der Waals surface area contributed by atoms with Crippen molar-refractivity contribution in [2.75, 3.05) is 4.90 Å². The average molecular weight is 818 g/mol. The van der Waals surface area contributed by atoms with Gasteiger partial charge in [0.25, 0.3) is 0 Å². The molecule has 0 saturated heterocycles. The van der Waals surface area contributed by atoms with Crippen molar-refractivity contribution in [2.24, 2.45) is 0 Å². The van der Waals surface area contributed by atoms with Gasteiger partial charge in [-0.15, -0.1) is 0 Å². The molecular formula is C60H39N3O. The molecule has 10 aromatic carbocycles. The van der Waals surface area contributed by atoms with Gasteiger partial charge in [-0.1, -0.05) is 140 Å². The molecule has 3 aromatic heterocycles. The molecule has 0 radical (unpaired) electrons. The number of para-hydroxylation sites is 4. The number of rotatable bonds is 7. The highest BCUT2D eigenvalue weighted by Gasteiger charge is 2.20. The van der Waals surface area contributed by atoms with E-state index in [1.165, 1.54) is 54.8 Å². The van der Waals surface area contributed by atoms with Crippen molar-refractivity contribution in [2.45, 2.75) is 0 Å². The molecule has 0 spiro atoms. The van der Waals surface area contributed by atoms with Gasteiger partial charge in [0.2, 0.25) is 0 Å². The standard InChI is InChI=1S/C60H39N3O/c1-3-13-40(14-4-1)41-23-28-45(29-24-41)61(46-30-25-42(26-31-46)43-27-38-57-54(39-43)50-18-8-10-20-55(50)62(57)44-15-5-2-6-16-44)47-32-34-48(35-33-47)63-56-21-11-7-17-49(56)52-36-37-53-51-19-9-12-22-58(51)64-60(53)59(52)63/h1-39H. The highest BCUT2D eigenvalue weighted by molar-refractivity contribution is 6.21. The zero-order valence-electron chi connectivity index (χ0n) is 34.8. The van der Waals surface area contributed by atoms with Gasteiger partial charge >= 0.3 is 0 Å². The van der Waals surface area contributed by atoms with Gasteiger partial charge in [0.15, 0.2) is 5.58 Å². The Morgan fingerprint density at radius 3 is 1.45 bits per heavy atom. The molecule has 0 aliphatic rings. The summed E-state index contributed by atoms with van der Waals surface area (Å²) in [5.41, 5.74) is 16.6. The van der Waals surface area contributed by atoms with Crippen LogP contribution in [-0.4, -0.2) is 9.13 Å². The van der Waals surface area contributed by atoms with Gasteiger partial charge in [-0.3, -0.25) is 0 Å². The molecule has 4 nitrogen and oxygen atoms in total. The fourth-order valence-electron chi connectivity index (χ4n) is 9.94.